The molecule has 0 unspecified atom stereocenters. The standard InChI is InChI=1S/C14H17NO2/c15-11-12-5-7-14(8-6-12)17-10-2-9-16-13-3-1-4-13/h5-8,13H,1-4,9-10H2. The molecule has 0 N–H and O–H groups in total. The molecule has 3 nitrogen and oxygen atoms in total. The van der Waals surface area contributed by atoms with Gasteiger partial charge in [0, 0.05) is 6.42 Å². The lowest BCUT2D eigenvalue weighted by molar-refractivity contribution is -0.00223. The highest BCUT2D eigenvalue weighted by atomic mass is 16.5. The van der Waals surface area contributed by atoms with Crippen LogP contribution in [0.4, 0.5) is 0 Å². The average molecular weight is 231 g/mol. The molecule has 0 saturated heterocycles. The van der Waals surface area contributed by atoms with E-state index in [-0.39, 0.29) is 0 Å². The summed E-state index contributed by atoms with van der Waals surface area (Å²) < 4.78 is 11.2. The van der Waals surface area contributed by atoms with Gasteiger partial charge >= 0.3 is 0 Å². The van der Waals surface area contributed by atoms with E-state index in [1.807, 2.05) is 12.1 Å². The van der Waals surface area contributed by atoms with Crippen molar-refractivity contribution in [3.05, 3.63) is 29.8 Å². The Bertz CT molecular complexity index is 376. The van der Waals surface area contributed by atoms with E-state index in [1.165, 1.54) is 19.3 Å². The summed E-state index contributed by atoms with van der Waals surface area (Å²) in [7, 11) is 0. The lowest BCUT2D eigenvalue weighted by atomic mass is 9.96. The minimum absolute atomic E-state index is 0.505. The SMILES string of the molecule is N#Cc1ccc(OCCCOC2CCC2)cc1. The van der Waals surface area contributed by atoms with Gasteiger partial charge < -0.3 is 9.47 Å². The molecule has 90 valence electrons. The van der Waals surface area contributed by atoms with Crippen LogP contribution in [0.1, 0.15) is 31.2 Å². The summed E-state index contributed by atoms with van der Waals surface area (Å²) in [6.07, 6.45) is 5.17. The molecule has 1 saturated carbocycles. The Hall–Kier alpha value is -1.53. The summed E-state index contributed by atoms with van der Waals surface area (Å²) in [6.45, 7) is 1.44. The maximum atomic E-state index is 8.65. The minimum Gasteiger partial charge on any atom is -0.494 e. The summed E-state index contributed by atoms with van der Waals surface area (Å²) >= 11 is 0. The largest absolute Gasteiger partial charge is 0.494 e. The number of nitriles is 1. The highest BCUT2D eigenvalue weighted by molar-refractivity contribution is 5.34. The van der Waals surface area contributed by atoms with Crippen molar-refractivity contribution in [2.75, 3.05) is 13.2 Å². The predicted molar refractivity (Wildman–Crippen MR) is 64.9 cm³/mol. The van der Waals surface area contributed by atoms with Crippen LogP contribution in [-0.4, -0.2) is 19.3 Å². The number of hydrogen-bond acceptors (Lipinski definition) is 3. The maximum absolute atomic E-state index is 8.65. The van der Waals surface area contributed by atoms with Crippen LogP contribution in [0, 0.1) is 11.3 Å². The Balaban J connectivity index is 1.59. The van der Waals surface area contributed by atoms with Crippen LogP contribution in [0.25, 0.3) is 0 Å². The molecule has 17 heavy (non-hydrogen) atoms. The van der Waals surface area contributed by atoms with E-state index < -0.39 is 0 Å². The number of benzene rings is 1. The van der Waals surface area contributed by atoms with Gasteiger partial charge in [0.2, 0.25) is 0 Å². The quantitative estimate of drug-likeness (QED) is 0.707. The fraction of sp³-hybridized carbons (Fsp3) is 0.500. The van der Waals surface area contributed by atoms with Crippen LogP contribution in [0.15, 0.2) is 24.3 Å². The molecule has 1 aliphatic rings. The number of hydrogen-bond donors (Lipinski definition) is 0. The topological polar surface area (TPSA) is 42.2 Å². The molecule has 1 fully saturated rings. The Morgan fingerprint density at radius 3 is 2.53 bits per heavy atom. The van der Waals surface area contributed by atoms with Crippen molar-refractivity contribution in [3.8, 4) is 11.8 Å². The molecule has 1 aromatic rings. The van der Waals surface area contributed by atoms with Crippen molar-refractivity contribution in [2.24, 2.45) is 0 Å². The zero-order chi connectivity index (χ0) is 11.9. The third-order valence-corrected chi connectivity index (χ3v) is 2.95. The number of rotatable bonds is 6. The molecule has 0 atom stereocenters. The van der Waals surface area contributed by atoms with Crippen LogP contribution in [0.3, 0.4) is 0 Å². The predicted octanol–water partition coefficient (Wildman–Crippen LogP) is 2.90. The number of ether oxygens (including phenoxy) is 2. The van der Waals surface area contributed by atoms with Crippen molar-refractivity contribution in [1.82, 2.24) is 0 Å². The maximum Gasteiger partial charge on any atom is 0.119 e. The summed E-state index contributed by atoms with van der Waals surface area (Å²) in [6, 6.07) is 9.26. The summed E-state index contributed by atoms with van der Waals surface area (Å²) in [5, 5.41) is 8.65. The molecule has 0 radical (unpaired) electrons. The van der Waals surface area contributed by atoms with Crippen molar-refractivity contribution < 1.29 is 9.47 Å². The number of nitrogens with zero attached hydrogens (tertiary/aromatic N) is 1. The third kappa shape index (κ3) is 3.76. The zero-order valence-corrected chi connectivity index (χ0v) is 9.89. The Kier molecular flexibility index (Phi) is 4.40. The highest BCUT2D eigenvalue weighted by Gasteiger charge is 2.16. The lowest BCUT2D eigenvalue weighted by Gasteiger charge is -2.25. The van der Waals surface area contributed by atoms with Gasteiger partial charge in [-0.25, -0.2) is 0 Å². The first-order valence-electron chi connectivity index (χ1n) is 6.13. The van der Waals surface area contributed by atoms with E-state index >= 15 is 0 Å². The van der Waals surface area contributed by atoms with Crippen LogP contribution in [0.2, 0.25) is 0 Å². The first kappa shape index (κ1) is 11.9. The lowest BCUT2D eigenvalue weighted by Crippen LogP contribution is -2.22. The molecule has 0 amide bonds. The molecule has 1 aromatic carbocycles. The molecule has 2 rings (SSSR count). The van der Waals surface area contributed by atoms with Gasteiger partial charge in [0.25, 0.3) is 0 Å². The van der Waals surface area contributed by atoms with E-state index in [4.69, 9.17) is 14.7 Å². The van der Waals surface area contributed by atoms with Gasteiger partial charge in [0.05, 0.1) is 31.0 Å². The fourth-order valence-corrected chi connectivity index (χ4v) is 1.66. The molecule has 0 spiro atoms. The van der Waals surface area contributed by atoms with E-state index in [0.29, 0.717) is 18.3 Å². The highest BCUT2D eigenvalue weighted by Crippen LogP contribution is 2.21. The average Bonchev–Trinajstić information content (AvgIpc) is 2.32. The normalized spacial score (nSPS) is 15.0. The molecule has 3 heteroatoms. The minimum atomic E-state index is 0.505. The Morgan fingerprint density at radius 1 is 1.18 bits per heavy atom. The monoisotopic (exact) mass is 231 g/mol. The van der Waals surface area contributed by atoms with Gasteiger partial charge in [-0.15, -0.1) is 0 Å². The van der Waals surface area contributed by atoms with Crippen molar-refractivity contribution in [1.29, 1.82) is 5.26 Å². The van der Waals surface area contributed by atoms with Crippen LogP contribution in [-0.2, 0) is 4.74 Å². The van der Waals surface area contributed by atoms with Crippen molar-refractivity contribution >= 4 is 0 Å². The van der Waals surface area contributed by atoms with Crippen molar-refractivity contribution in [2.45, 2.75) is 31.8 Å². The first-order valence-corrected chi connectivity index (χ1v) is 6.13. The summed E-state index contributed by atoms with van der Waals surface area (Å²) in [5.74, 6) is 0.813. The molecule has 0 aliphatic heterocycles. The summed E-state index contributed by atoms with van der Waals surface area (Å²) in [5.41, 5.74) is 0.658. The summed E-state index contributed by atoms with van der Waals surface area (Å²) in [4.78, 5) is 0. The van der Waals surface area contributed by atoms with E-state index in [2.05, 4.69) is 6.07 Å². The van der Waals surface area contributed by atoms with Crippen LogP contribution in [0.5, 0.6) is 5.75 Å². The Morgan fingerprint density at radius 2 is 1.94 bits per heavy atom. The van der Waals surface area contributed by atoms with Gasteiger partial charge in [0.15, 0.2) is 0 Å². The van der Waals surface area contributed by atoms with E-state index in [1.54, 1.807) is 12.1 Å². The molecule has 0 bridgehead atoms. The second-order valence-electron chi connectivity index (χ2n) is 4.26. The first-order chi connectivity index (χ1) is 8.38. The second kappa shape index (κ2) is 6.27. The fourth-order valence-electron chi connectivity index (χ4n) is 1.66. The van der Waals surface area contributed by atoms with Gasteiger partial charge in [-0.2, -0.15) is 5.26 Å². The smallest absolute Gasteiger partial charge is 0.119 e. The van der Waals surface area contributed by atoms with Gasteiger partial charge in [0.1, 0.15) is 5.75 Å². The molecule has 0 heterocycles. The van der Waals surface area contributed by atoms with Gasteiger partial charge in [-0.3, -0.25) is 0 Å². The molecular formula is C14H17NO2. The second-order valence-corrected chi connectivity index (χ2v) is 4.26. The van der Waals surface area contributed by atoms with Crippen molar-refractivity contribution in [3.63, 3.8) is 0 Å². The zero-order valence-electron chi connectivity index (χ0n) is 9.89. The Labute approximate surface area is 102 Å². The van der Waals surface area contributed by atoms with Gasteiger partial charge in [-0.1, -0.05) is 0 Å². The van der Waals surface area contributed by atoms with Crippen LogP contribution >= 0.6 is 0 Å². The molecule has 1 aliphatic carbocycles. The van der Waals surface area contributed by atoms with Gasteiger partial charge in [-0.05, 0) is 43.5 Å². The van der Waals surface area contributed by atoms with E-state index in [0.717, 1.165) is 18.8 Å². The molecular weight excluding hydrogens is 214 g/mol. The van der Waals surface area contributed by atoms with Crippen LogP contribution < -0.4 is 4.74 Å². The van der Waals surface area contributed by atoms with E-state index in [9.17, 15) is 0 Å². The third-order valence-electron chi connectivity index (χ3n) is 2.95. The molecule has 0 aromatic heterocycles.